The summed E-state index contributed by atoms with van der Waals surface area (Å²) in [5.74, 6) is 1.59. The van der Waals surface area contributed by atoms with Crippen molar-refractivity contribution in [1.82, 2.24) is 34.0 Å². The molecule has 0 aliphatic carbocycles. The summed E-state index contributed by atoms with van der Waals surface area (Å²) in [6.45, 7) is 5.15. The van der Waals surface area contributed by atoms with Gasteiger partial charge in [0.25, 0.3) is 0 Å². The average molecular weight is 414 g/mol. The zero-order valence-corrected chi connectivity index (χ0v) is 17.5. The van der Waals surface area contributed by atoms with Gasteiger partial charge in [0.2, 0.25) is 5.91 Å². The van der Waals surface area contributed by atoms with Gasteiger partial charge in [-0.2, -0.15) is 10.4 Å². The quantitative estimate of drug-likeness (QED) is 0.510. The van der Waals surface area contributed by atoms with E-state index in [9.17, 15) is 10.1 Å². The van der Waals surface area contributed by atoms with E-state index in [2.05, 4.69) is 27.6 Å². The van der Waals surface area contributed by atoms with Crippen molar-refractivity contribution < 1.29 is 4.79 Å². The van der Waals surface area contributed by atoms with Crippen LogP contribution in [0.3, 0.4) is 0 Å². The number of likely N-dealkylation sites (tertiary alicyclic amines) is 1. The maximum absolute atomic E-state index is 12.0. The summed E-state index contributed by atoms with van der Waals surface area (Å²) < 4.78 is 3.90. The van der Waals surface area contributed by atoms with Gasteiger partial charge in [-0.15, -0.1) is 0 Å². The number of aromatic nitrogens is 6. The molecule has 1 amide bonds. The zero-order chi connectivity index (χ0) is 21.5. The van der Waals surface area contributed by atoms with Crippen LogP contribution in [0.5, 0.6) is 0 Å². The molecule has 0 radical (unpaired) electrons. The van der Waals surface area contributed by atoms with Crippen molar-refractivity contribution in [1.29, 1.82) is 5.26 Å². The Morgan fingerprint density at radius 2 is 2.19 bits per heavy atom. The van der Waals surface area contributed by atoms with Crippen molar-refractivity contribution in [3.63, 3.8) is 0 Å². The molecule has 5 heterocycles. The molecule has 4 aromatic heterocycles. The highest BCUT2D eigenvalue weighted by atomic mass is 16.2. The molecule has 156 valence electrons. The highest BCUT2D eigenvalue weighted by Crippen LogP contribution is 2.29. The molecule has 4 aromatic rings. The van der Waals surface area contributed by atoms with Gasteiger partial charge in [-0.1, -0.05) is 6.92 Å². The molecule has 1 aliphatic heterocycles. The topological polar surface area (TPSA) is 105 Å². The first-order valence-corrected chi connectivity index (χ1v) is 10.5. The standard InChI is InChI=1S/C22H22N8O/c1-3-20-26-18-12-24-21(17-11-25-29-8-6-15(10-23)9-19(17)29)27-22(18)30(20)16-5-4-7-28(13-16)14(2)31/h6,8-9,11-12,16H,3-5,7,13H2,1-2H3. The predicted octanol–water partition coefficient (Wildman–Crippen LogP) is 2.76. The molecule has 1 aliphatic rings. The highest BCUT2D eigenvalue weighted by molar-refractivity contribution is 5.80. The number of aryl methyl sites for hydroxylation is 1. The van der Waals surface area contributed by atoms with E-state index in [1.165, 1.54) is 0 Å². The number of nitrogens with zero attached hydrogens (tertiary/aromatic N) is 8. The lowest BCUT2D eigenvalue weighted by atomic mass is 10.1. The Hall–Kier alpha value is -3.80. The Morgan fingerprint density at radius 1 is 1.32 bits per heavy atom. The van der Waals surface area contributed by atoms with Gasteiger partial charge in [0, 0.05) is 32.6 Å². The van der Waals surface area contributed by atoms with Crippen LogP contribution in [0.25, 0.3) is 28.1 Å². The molecule has 0 saturated carbocycles. The van der Waals surface area contributed by atoms with Crippen LogP contribution >= 0.6 is 0 Å². The molecule has 1 unspecified atom stereocenters. The Bertz CT molecular complexity index is 1350. The summed E-state index contributed by atoms with van der Waals surface area (Å²) in [7, 11) is 0. The van der Waals surface area contributed by atoms with E-state index in [0.717, 1.165) is 53.9 Å². The monoisotopic (exact) mass is 414 g/mol. The average Bonchev–Trinajstić information content (AvgIpc) is 3.39. The molecule has 9 heteroatoms. The molecule has 5 rings (SSSR count). The summed E-state index contributed by atoms with van der Waals surface area (Å²) in [5.41, 5.74) is 3.61. The lowest BCUT2D eigenvalue weighted by Crippen LogP contribution is -2.39. The van der Waals surface area contributed by atoms with Crippen molar-refractivity contribution in [2.75, 3.05) is 13.1 Å². The van der Waals surface area contributed by atoms with E-state index in [-0.39, 0.29) is 11.9 Å². The van der Waals surface area contributed by atoms with Gasteiger partial charge in [-0.3, -0.25) is 4.79 Å². The minimum absolute atomic E-state index is 0.0992. The lowest BCUT2D eigenvalue weighted by molar-refractivity contribution is -0.130. The molecule has 1 fully saturated rings. The number of pyridine rings is 1. The second-order valence-corrected chi connectivity index (χ2v) is 7.83. The zero-order valence-electron chi connectivity index (χ0n) is 17.5. The van der Waals surface area contributed by atoms with Crippen LogP contribution in [0, 0.1) is 11.3 Å². The van der Waals surface area contributed by atoms with Crippen LogP contribution in [0.2, 0.25) is 0 Å². The number of nitriles is 1. The van der Waals surface area contributed by atoms with Crippen molar-refractivity contribution in [3.8, 4) is 17.5 Å². The number of amides is 1. The number of hydrogen-bond acceptors (Lipinski definition) is 6. The fraction of sp³-hybridized carbons (Fsp3) is 0.364. The molecule has 9 nitrogen and oxygen atoms in total. The lowest BCUT2D eigenvalue weighted by Gasteiger charge is -2.33. The molecule has 1 saturated heterocycles. The molecule has 0 spiro atoms. The van der Waals surface area contributed by atoms with Crippen LogP contribution < -0.4 is 0 Å². The number of carbonyl (C=O) groups excluding carboxylic acids is 1. The summed E-state index contributed by atoms with van der Waals surface area (Å²) in [4.78, 5) is 28.1. The number of fused-ring (bicyclic) bond motifs is 2. The van der Waals surface area contributed by atoms with Gasteiger partial charge in [0.05, 0.1) is 41.1 Å². The molecular formula is C22H22N8O. The smallest absolute Gasteiger partial charge is 0.219 e. The molecule has 0 aromatic carbocycles. The first-order chi connectivity index (χ1) is 15.1. The van der Waals surface area contributed by atoms with E-state index in [0.29, 0.717) is 17.9 Å². The Kier molecular flexibility index (Phi) is 4.62. The second kappa shape index (κ2) is 7.47. The van der Waals surface area contributed by atoms with E-state index in [1.54, 1.807) is 42.2 Å². The van der Waals surface area contributed by atoms with Crippen LogP contribution in [-0.2, 0) is 11.2 Å². The summed E-state index contributed by atoms with van der Waals surface area (Å²) in [6.07, 6.45) is 7.92. The third-order valence-electron chi connectivity index (χ3n) is 5.92. The van der Waals surface area contributed by atoms with Crippen molar-refractivity contribution in [3.05, 3.63) is 42.1 Å². The third-order valence-corrected chi connectivity index (χ3v) is 5.92. The van der Waals surface area contributed by atoms with E-state index < -0.39 is 0 Å². The van der Waals surface area contributed by atoms with Crippen molar-refractivity contribution >= 4 is 22.6 Å². The highest BCUT2D eigenvalue weighted by Gasteiger charge is 2.27. The van der Waals surface area contributed by atoms with E-state index in [4.69, 9.17) is 9.97 Å². The number of imidazole rings is 1. The van der Waals surface area contributed by atoms with Gasteiger partial charge < -0.3 is 9.47 Å². The molecule has 0 N–H and O–H groups in total. The van der Waals surface area contributed by atoms with Crippen LogP contribution in [0.4, 0.5) is 0 Å². The third kappa shape index (κ3) is 3.20. The Morgan fingerprint density at radius 3 is 2.97 bits per heavy atom. The molecule has 0 bridgehead atoms. The minimum Gasteiger partial charge on any atom is -0.341 e. The summed E-state index contributed by atoms with van der Waals surface area (Å²) in [6, 6.07) is 5.81. The summed E-state index contributed by atoms with van der Waals surface area (Å²) >= 11 is 0. The van der Waals surface area contributed by atoms with Crippen LogP contribution in [0.1, 0.15) is 44.1 Å². The first-order valence-electron chi connectivity index (χ1n) is 10.5. The second-order valence-electron chi connectivity index (χ2n) is 7.83. The largest absolute Gasteiger partial charge is 0.341 e. The SMILES string of the molecule is CCc1nc2cnc(-c3cnn4ccc(C#N)cc34)nc2n1C1CCCN(C(C)=O)C1. The fourth-order valence-electron chi connectivity index (χ4n) is 4.37. The van der Waals surface area contributed by atoms with Crippen molar-refractivity contribution in [2.24, 2.45) is 0 Å². The van der Waals surface area contributed by atoms with E-state index >= 15 is 0 Å². The number of rotatable bonds is 3. The fourth-order valence-corrected chi connectivity index (χ4v) is 4.37. The van der Waals surface area contributed by atoms with Crippen LogP contribution in [-0.4, -0.2) is 53.0 Å². The Balaban J connectivity index is 1.64. The number of piperidine rings is 1. The number of hydrogen-bond donors (Lipinski definition) is 0. The van der Waals surface area contributed by atoms with Gasteiger partial charge in [-0.25, -0.2) is 19.5 Å². The maximum atomic E-state index is 12.0. The predicted molar refractivity (Wildman–Crippen MR) is 114 cm³/mol. The molecule has 1 atom stereocenters. The van der Waals surface area contributed by atoms with Gasteiger partial charge in [-0.05, 0) is 25.0 Å². The number of carbonyl (C=O) groups is 1. The Labute approximate surface area is 179 Å². The molecule has 31 heavy (non-hydrogen) atoms. The normalized spacial score (nSPS) is 16.7. The van der Waals surface area contributed by atoms with Crippen LogP contribution in [0.15, 0.2) is 30.7 Å². The summed E-state index contributed by atoms with van der Waals surface area (Å²) in [5, 5.41) is 13.6. The molecular weight excluding hydrogens is 392 g/mol. The van der Waals surface area contributed by atoms with Crippen molar-refractivity contribution in [2.45, 2.75) is 39.2 Å². The van der Waals surface area contributed by atoms with E-state index in [1.807, 2.05) is 4.90 Å². The van der Waals surface area contributed by atoms with Gasteiger partial charge in [0.1, 0.15) is 11.3 Å². The first kappa shape index (κ1) is 19.2. The maximum Gasteiger partial charge on any atom is 0.219 e. The minimum atomic E-state index is 0.0992. The van der Waals surface area contributed by atoms with Gasteiger partial charge >= 0.3 is 0 Å². The van der Waals surface area contributed by atoms with Gasteiger partial charge in [0.15, 0.2) is 11.5 Å².